The molecule has 1 rings (SSSR count). The lowest BCUT2D eigenvalue weighted by Gasteiger charge is -2.41. The van der Waals surface area contributed by atoms with E-state index in [1.54, 1.807) is 0 Å². The predicted molar refractivity (Wildman–Crippen MR) is 47.7 cm³/mol. The lowest BCUT2D eigenvalue weighted by Crippen LogP contribution is -2.51. The second-order valence-electron chi connectivity index (χ2n) is 3.75. The highest BCUT2D eigenvalue weighted by molar-refractivity contribution is 7.78. The molecule has 1 unspecified atom stereocenters. The van der Waals surface area contributed by atoms with E-state index < -0.39 is 0 Å². The van der Waals surface area contributed by atoms with Crippen LogP contribution in [0.25, 0.3) is 0 Å². The Morgan fingerprint density at radius 3 is 2.73 bits per heavy atom. The van der Waals surface area contributed by atoms with Gasteiger partial charge in [-0.15, -0.1) is 0 Å². The van der Waals surface area contributed by atoms with Gasteiger partial charge in [-0.1, -0.05) is 12.8 Å². The molecule has 1 fully saturated rings. The molecule has 0 saturated carbocycles. The van der Waals surface area contributed by atoms with E-state index in [0.717, 1.165) is 19.4 Å². The van der Waals surface area contributed by atoms with Crippen molar-refractivity contribution in [1.29, 1.82) is 0 Å². The molecule has 11 heavy (non-hydrogen) atoms. The zero-order valence-corrected chi connectivity index (χ0v) is 7.93. The van der Waals surface area contributed by atoms with E-state index in [4.69, 9.17) is 0 Å². The van der Waals surface area contributed by atoms with E-state index in [1.807, 2.05) is 13.8 Å². The van der Waals surface area contributed by atoms with E-state index in [-0.39, 0.29) is 5.54 Å². The Morgan fingerprint density at radius 1 is 1.64 bits per heavy atom. The first kappa shape index (κ1) is 9.32. The molecule has 4 heteroatoms. The molecular weight excluding hydrogens is 160 g/mol. The van der Waals surface area contributed by atoms with E-state index >= 15 is 0 Å². The van der Waals surface area contributed by atoms with Crippen molar-refractivity contribution in [3.05, 3.63) is 0 Å². The van der Waals surface area contributed by atoms with Gasteiger partial charge in [0.25, 0.3) is 0 Å². The molecule has 0 amide bonds. The van der Waals surface area contributed by atoms with Gasteiger partial charge in [-0.3, -0.25) is 4.72 Å². The highest BCUT2D eigenvalue weighted by Crippen LogP contribution is 2.25. The number of thiol groups is 1. The quantitative estimate of drug-likeness (QED) is 0.523. The van der Waals surface area contributed by atoms with Gasteiger partial charge in [0.15, 0.2) is 0 Å². The fraction of sp³-hybridized carbons (Fsp3) is 1.00. The number of nitrogens with zero attached hydrogens (tertiary/aromatic N) is 1. The summed E-state index contributed by atoms with van der Waals surface area (Å²) in [6, 6.07) is 0.428. The zero-order valence-electron chi connectivity index (χ0n) is 7.04. The zero-order chi connectivity index (χ0) is 8.48. The van der Waals surface area contributed by atoms with Crippen molar-refractivity contribution in [2.45, 2.75) is 38.3 Å². The van der Waals surface area contributed by atoms with Gasteiger partial charge >= 0.3 is 0 Å². The van der Waals surface area contributed by atoms with Crippen molar-refractivity contribution < 1.29 is 5.21 Å². The van der Waals surface area contributed by atoms with E-state index in [0.29, 0.717) is 6.04 Å². The average Bonchev–Trinajstić information content (AvgIpc) is 1.95. The van der Waals surface area contributed by atoms with Crippen molar-refractivity contribution in [2.75, 3.05) is 6.54 Å². The van der Waals surface area contributed by atoms with Crippen molar-refractivity contribution in [3.8, 4) is 0 Å². The third-order valence-corrected chi connectivity index (χ3v) is 2.68. The van der Waals surface area contributed by atoms with Crippen LogP contribution in [0.5, 0.6) is 0 Å². The Morgan fingerprint density at radius 2 is 2.27 bits per heavy atom. The Labute approximate surface area is 73.3 Å². The summed E-state index contributed by atoms with van der Waals surface area (Å²) in [4.78, 5) is 0. The largest absolute Gasteiger partial charge is 0.313 e. The smallest absolute Gasteiger partial charge is 0.0419 e. The number of piperidine rings is 1. The van der Waals surface area contributed by atoms with Crippen LogP contribution in [0.2, 0.25) is 0 Å². The summed E-state index contributed by atoms with van der Waals surface area (Å²) in [6.45, 7) is 4.79. The van der Waals surface area contributed by atoms with E-state index in [9.17, 15) is 5.21 Å². The second kappa shape index (κ2) is 3.31. The van der Waals surface area contributed by atoms with Crippen molar-refractivity contribution in [1.82, 2.24) is 9.79 Å². The number of rotatable bonds is 1. The molecule has 3 nitrogen and oxygen atoms in total. The molecule has 2 N–H and O–H groups in total. The molecule has 1 aliphatic rings. The molecule has 1 saturated heterocycles. The molecule has 0 aromatic carbocycles. The number of hydrogen-bond donors (Lipinski definition) is 3. The van der Waals surface area contributed by atoms with Crippen LogP contribution < -0.4 is 4.72 Å². The topological polar surface area (TPSA) is 35.5 Å². The van der Waals surface area contributed by atoms with Crippen LogP contribution in [0, 0.1) is 0 Å². The summed E-state index contributed by atoms with van der Waals surface area (Å²) in [5.41, 5.74) is -0.112. The molecule has 0 aliphatic carbocycles. The van der Waals surface area contributed by atoms with Crippen LogP contribution in [-0.4, -0.2) is 28.4 Å². The maximum atomic E-state index is 9.43. The van der Waals surface area contributed by atoms with Gasteiger partial charge in [-0.05, 0) is 26.7 Å². The maximum absolute atomic E-state index is 9.43. The predicted octanol–water partition coefficient (Wildman–Crippen LogP) is 1.05. The van der Waals surface area contributed by atoms with E-state index in [2.05, 4.69) is 17.5 Å². The summed E-state index contributed by atoms with van der Waals surface area (Å²) in [5.74, 6) is 0. The summed E-state index contributed by atoms with van der Waals surface area (Å²) in [5, 5.41) is 10.8. The second-order valence-corrected chi connectivity index (χ2v) is 4.01. The Kier molecular flexibility index (Phi) is 2.80. The Hall–Kier alpha value is 0.230. The first-order valence-corrected chi connectivity index (χ1v) is 4.37. The van der Waals surface area contributed by atoms with Gasteiger partial charge in [-0.25, -0.2) is 0 Å². The normalized spacial score (nSPS) is 32.2. The van der Waals surface area contributed by atoms with Crippen LogP contribution in [0.1, 0.15) is 26.7 Å². The lowest BCUT2D eigenvalue weighted by molar-refractivity contribution is -0.181. The summed E-state index contributed by atoms with van der Waals surface area (Å²) in [6.07, 6.45) is 1.90. The minimum Gasteiger partial charge on any atom is -0.313 e. The van der Waals surface area contributed by atoms with Crippen molar-refractivity contribution >= 4 is 12.8 Å². The van der Waals surface area contributed by atoms with Gasteiger partial charge in [0, 0.05) is 18.1 Å². The molecule has 66 valence electrons. The number of hydrogen-bond acceptors (Lipinski definition) is 4. The lowest BCUT2D eigenvalue weighted by atomic mass is 9.89. The molecular formula is C7H16N2OS. The van der Waals surface area contributed by atoms with Crippen LogP contribution in [0.4, 0.5) is 0 Å². The third-order valence-electron chi connectivity index (χ3n) is 2.32. The van der Waals surface area contributed by atoms with Crippen molar-refractivity contribution in [2.24, 2.45) is 0 Å². The molecule has 0 spiro atoms. The molecule has 1 heterocycles. The third kappa shape index (κ3) is 2.08. The SMILES string of the molecule is CC1(C)CC(NS)CCN1O. The van der Waals surface area contributed by atoms with Gasteiger partial charge in [-0.2, -0.15) is 5.06 Å². The molecule has 0 aromatic rings. The van der Waals surface area contributed by atoms with E-state index in [1.165, 1.54) is 5.06 Å². The molecule has 1 atom stereocenters. The fourth-order valence-electron chi connectivity index (χ4n) is 1.50. The van der Waals surface area contributed by atoms with Crippen LogP contribution in [0.15, 0.2) is 0 Å². The van der Waals surface area contributed by atoms with Gasteiger partial charge in [0.05, 0.1) is 0 Å². The fourth-order valence-corrected chi connectivity index (χ4v) is 1.72. The van der Waals surface area contributed by atoms with Crippen LogP contribution in [0.3, 0.4) is 0 Å². The average molecular weight is 176 g/mol. The monoisotopic (exact) mass is 176 g/mol. The minimum absolute atomic E-state index is 0.112. The number of nitrogens with one attached hydrogen (secondary N) is 1. The van der Waals surface area contributed by atoms with Crippen molar-refractivity contribution in [3.63, 3.8) is 0 Å². The van der Waals surface area contributed by atoms with Gasteiger partial charge in [0.2, 0.25) is 0 Å². The first-order valence-electron chi connectivity index (χ1n) is 3.92. The van der Waals surface area contributed by atoms with Crippen LogP contribution in [-0.2, 0) is 0 Å². The summed E-state index contributed by atoms with van der Waals surface area (Å²) < 4.78 is 2.94. The summed E-state index contributed by atoms with van der Waals surface area (Å²) in [7, 11) is 0. The Balaban J connectivity index is 2.52. The Bertz CT molecular complexity index is 140. The first-order chi connectivity index (χ1) is 5.06. The highest BCUT2D eigenvalue weighted by atomic mass is 32.1. The van der Waals surface area contributed by atoms with Gasteiger partial charge < -0.3 is 5.21 Å². The highest BCUT2D eigenvalue weighted by Gasteiger charge is 2.33. The maximum Gasteiger partial charge on any atom is 0.0419 e. The molecule has 0 radical (unpaired) electrons. The van der Waals surface area contributed by atoms with Crippen LogP contribution >= 0.6 is 12.8 Å². The van der Waals surface area contributed by atoms with Gasteiger partial charge in [0.1, 0.15) is 0 Å². The molecule has 0 aromatic heterocycles. The number of hydroxylamine groups is 2. The molecule has 1 aliphatic heterocycles. The molecule has 0 bridgehead atoms. The summed E-state index contributed by atoms with van der Waals surface area (Å²) >= 11 is 4.02. The standard InChI is InChI=1S/C7H16N2OS/c1-7(2)5-6(8-11)3-4-9(7)10/h6,8,10-11H,3-5H2,1-2H3. The minimum atomic E-state index is -0.112.